The Balaban J connectivity index is 1.68. The predicted octanol–water partition coefficient (Wildman–Crippen LogP) is 3.22. The van der Waals surface area contributed by atoms with Crippen molar-refractivity contribution in [2.75, 3.05) is 0 Å². The van der Waals surface area contributed by atoms with E-state index < -0.39 is 0 Å². The number of aromatic nitrogens is 2. The summed E-state index contributed by atoms with van der Waals surface area (Å²) in [5.74, 6) is 2.74. The van der Waals surface area contributed by atoms with Gasteiger partial charge >= 0.3 is 0 Å². The number of rotatable bonds is 1. The smallest absolute Gasteiger partial charge is 0.270 e. The first-order valence-electron chi connectivity index (χ1n) is 8.97. The van der Waals surface area contributed by atoms with Crippen molar-refractivity contribution in [1.82, 2.24) is 9.36 Å². The lowest BCUT2D eigenvalue weighted by Crippen LogP contribution is -2.50. The van der Waals surface area contributed by atoms with E-state index in [-0.39, 0.29) is 5.41 Å². The molecule has 1 aromatic rings. The van der Waals surface area contributed by atoms with Crippen molar-refractivity contribution in [3.8, 4) is 0 Å². The van der Waals surface area contributed by atoms with Gasteiger partial charge in [0.05, 0.1) is 0 Å². The van der Waals surface area contributed by atoms with Gasteiger partial charge in [-0.25, -0.2) is 0 Å². The third-order valence-corrected chi connectivity index (χ3v) is 7.05. The van der Waals surface area contributed by atoms with Crippen LogP contribution < -0.4 is 5.56 Å². The Morgan fingerprint density at radius 2 is 1.43 bits per heavy atom. The summed E-state index contributed by atoms with van der Waals surface area (Å²) in [4.78, 5) is 13.1. The van der Waals surface area contributed by atoms with Gasteiger partial charge in [0.25, 0.3) is 5.56 Å². The molecule has 0 unspecified atom stereocenters. The average molecular weight is 286 g/mol. The Morgan fingerprint density at radius 1 is 0.905 bits per heavy atom. The SMILES string of the molecule is Cc1c(C23CC4CC(CC(C4)C2)C3)c(=O)n2n1CCCC2. The van der Waals surface area contributed by atoms with Crippen LogP contribution in [0.2, 0.25) is 0 Å². The van der Waals surface area contributed by atoms with Crippen LogP contribution >= 0.6 is 0 Å². The first kappa shape index (κ1) is 12.5. The monoisotopic (exact) mass is 286 g/mol. The summed E-state index contributed by atoms with van der Waals surface area (Å²) < 4.78 is 4.37. The molecule has 0 atom stereocenters. The molecule has 1 aromatic heterocycles. The molecule has 0 radical (unpaired) electrons. The fourth-order valence-electron chi connectivity index (χ4n) is 6.76. The summed E-state index contributed by atoms with van der Waals surface area (Å²) in [7, 11) is 0. The molecule has 114 valence electrons. The molecule has 1 aliphatic heterocycles. The van der Waals surface area contributed by atoms with Crippen molar-refractivity contribution in [2.24, 2.45) is 17.8 Å². The molecular formula is C18H26N2O. The van der Waals surface area contributed by atoms with Gasteiger partial charge in [-0.1, -0.05) is 0 Å². The van der Waals surface area contributed by atoms with Gasteiger partial charge < -0.3 is 0 Å². The van der Waals surface area contributed by atoms with Crippen LogP contribution in [-0.2, 0) is 18.5 Å². The van der Waals surface area contributed by atoms with E-state index in [1.807, 2.05) is 0 Å². The highest BCUT2D eigenvalue weighted by atomic mass is 16.1. The molecule has 0 amide bonds. The minimum Gasteiger partial charge on any atom is -0.287 e. The zero-order valence-electron chi connectivity index (χ0n) is 13.1. The molecule has 6 rings (SSSR count). The van der Waals surface area contributed by atoms with E-state index in [0.29, 0.717) is 5.56 Å². The number of fused-ring (bicyclic) bond motifs is 1. The summed E-state index contributed by atoms with van der Waals surface area (Å²) in [5, 5.41) is 0. The van der Waals surface area contributed by atoms with E-state index in [0.717, 1.165) is 30.8 Å². The molecule has 0 N–H and O–H groups in total. The first-order valence-corrected chi connectivity index (χ1v) is 8.97. The van der Waals surface area contributed by atoms with Crippen LogP contribution in [0.3, 0.4) is 0 Å². The average Bonchev–Trinajstić information content (AvgIpc) is 2.70. The van der Waals surface area contributed by atoms with Crippen molar-refractivity contribution < 1.29 is 0 Å². The van der Waals surface area contributed by atoms with E-state index in [4.69, 9.17) is 0 Å². The van der Waals surface area contributed by atoms with Crippen LogP contribution in [0.25, 0.3) is 0 Å². The lowest BCUT2D eigenvalue weighted by molar-refractivity contribution is -0.00601. The number of hydrogen-bond acceptors (Lipinski definition) is 1. The van der Waals surface area contributed by atoms with Gasteiger partial charge in [0, 0.05) is 29.8 Å². The quantitative estimate of drug-likeness (QED) is 0.778. The highest BCUT2D eigenvalue weighted by Gasteiger charge is 2.53. The largest absolute Gasteiger partial charge is 0.287 e. The normalized spacial score (nSPS) is 40.5. The van der Waals surface area contributed by atoms with Crippen molar-refractivity contribution in [3.05, 3.63) is 21.6 Å². The lowest BCUT2D eigenvalue weighted by Gasteiger charge is -2.56. The first-order chi connectivity index (χ1) is 10.2. The van der Waals surface area contributed by atoms with Crippen LogP contribution in [0.15, 0.2) is 4.79 Å². The van der Waals surface area contributed by atoms with E-state index in [1.165, 1.54) is 62.6 Å². The topological polar surface area (TPSA) is 26.9 Å². The van der Waals surface area contributed by atoms with Gasteiger partial charge in [-0.05, 0) is 76.0 Å². The Labute approximate surface area is 126 Å². The molecular weight excluding hydrogens is 260 g/mol. The van der Waals surface area contributed by atoms with Crippen LogP contribution in [0.4, 0.5) is 0 Å². The molecule has 4 fully saturated rings. The number of nitrogens with zero attached hydrogens (tertiary/aromatic N) is 2. The second-order valence-electron chi connectivity index (χ2n) is 8.42. The zero-order chi connectivity index (χ0) is 14.2. The molecule has 5 aliphatic rings. The second-order valence-corrected chi connectivity index (χ2v) is 8.42. The minimum absolute atomic E-state index is 0.257. The summed E-state index contributed by atoms with van der Waals surface area (Å²) in [6, 6.07) is 0. The Morgan fingerprint density at radius 3 is 1.95 bits per heavy atom. The Kier molecular flexibility index (Phi) is 2.42. The van der Waals surface area contributed by atoms with Crippen LogP contribution in [-0.4, -0.2) is 9.36 Å². The molecule has 0 saturated heterocycles. The molecule has 21 heavy (non-hydrogen) atoms. The highest BCUT2D eigenvalue weighted by Crippen LogP contribution is 2.60. The fraction of sp³-hybridized carbons (Fsp3) is 0.833. The van der Waals surface area contributed by atoms with Gasteiger partial charge in [0.15, 0.2) is 0 Å². The van der Waals surface area contributed by atoms with Crippen LogP contribution in [0.1, 0.15) is 62.6 Å². The standard InChI is InChI=1S/C18H26N2O/c1-12-16(17(21)20-5-3-2-4-19(12)20)18-9-13-6-14(10-18)8-15(7-13)11-18/h13-15H,2-11H2,1H3. The van der Waals surface area contributed by atoms with E-state index in [1.54, 1.807) is 0 Å². The maximum absolute atomic E-state index is 13.1. The molecule has 2 heterocycles. The highest BCUT2D eigenvalue weighted by molar-refractivity contribution is 5.32. The van der Waals surface area contributed by atoms with Crippen molar-refractivity contribution >= 4 is 0 Å². The third-order valence-electron chi connectivity index (χ3n) is 7.05. The van der Waals surface area contributed by atoms with E-state index >= 15 is 0 Å². The van der Waals surface area contributed by atoms with E-state index in [9.17, 15) is 4.79 Å². The van der Waals surface area contributed by atoms with Gasteiger partial charge in [-0.15, -0.1) is 0 Å². The molecule has 4 saturated carbocycles. The summed E-state index contributed by atoms with van der Waals surface area (Å²) in [6.07, 6.45) is 10.7. The Hall–Kier alpha value is -0.990. The van der Waals surface area contributed by atoms with Gasteiger partial charge in [-0.2, -0.15) is 0 Å². The van der Waals surface area contributed by atoms with Crippen LogP contribution in [0, 0.1) is 24.7 Å². The Bertz CT molecular complexity index is 616. The third kappa shape index (κ3) is 1.58. The maximum atomic E-state index is 13.1. The predicted molar refractivity (Wildman–Crippen MR) is 82.5 cm³/mol. The summed E-state index contributed by atoms with van der Waals surface area (Å²) >= 11 is 0. The van der Waals surface area contributed by atoms with Gasteiger partial charge in [-0.3, -0.25) is 14.2 Å². The van der Waals surface area contributed by atoms with Crippen molar-refractivity contribution in [1.29, 1.82) is 0 Å². The molecule has 3 nitrogen and oxygen atoms in total. The van der Waals surface area contributed by atoms with Crippen molar-refractivity contribution in [3.63, 3.8) is 0 Å². The minimum atomic E-state index is 0.257. The summed E-state index contributed by atoms with van der Waals surface area (Å²) in [6.45, 7) is 4.20. The molecule has 4 bridgehead atoms. The number of hydrogen-bond donors (Lipinski definition) is 0. The summed E-state index contributed by atoms with van der Waals surface area (Å²) in [5.41, 5.74) is 3.17. The van der Waals surface area contributed by atoms with Gasteiger partial charge in [0.1, 0.15) is 0 Å². The van der Waals surface area contributed by atoms with E-state index in [2.05, 4.69) is 16.3 Å². The zero-order valence-corrected chi connectivity index (χ0v) is 13.1. The molecule has 0 aromatic carbocycles. The maximum Gasteiger partial charge on any atom is 0.270 e. The molecule has 4 aliphatic carbocycles. The lowest BCUT2D eigenvalue weighted by atomic mass is 9.48. The molecule has 0 spiro atoms. The second kappa shape index (κ2) is 4.05. The van der Waals surface area contributed by atoms with Crippen LogP contribution in [0.5, 0.6) is 0 Å². The van der Waals surface area contributed by atoms with Crippen molar-refractivity contribution in [2.45, 2.75) is 76.8 Å². The fourth-order valence-corrected chi connectivity index (χ4v) is 6.76. The van der Waals surface area contributed by atoms with Gasteiger partial charge in [0.2, 0.25) is 0 Å². The molecule has 3 heteroatoms.